The summed E-state index contributed by atoms with van der Waals surface area (Å²) in [5.74, 6) is 0. The summed E-state index contributed by atoms with van der Waals surface area (Å²) in [6.07, 6.45) is 8.08. The van der Waals surface area contributed by atoms with Gasteiger partial charge >= 0.3 is 0 Å². The SMILES string of the molecule is Cn1cc(CN2Cc3ccnn3C(CCNS(=O)(=O)C3CC3)C2)cn1. The number of fused-ring (bicyclic) bond motifs is 1. The number of nitrogens with one attached hydrogen (secondary N) is 1. The third-order valence-electron chi connectivity index (χ3n) is 4.86. The minimum absolute atomic E-state index is 0.166. The van der Waals surface area contributed by atoms with Gasteiger partial charge in [-0.2, -0.15) is 10.2 Å². The Hall–Kier alpha value is -1.71. The van der Waals surface area contributed by atoms with Gasteiger partial charge in [0.25, 0.3) is 0 Å². The number of hydrogen-bond donors (Lipinski definition) is 1. The fraction of sp³-hybridized carbons (Fsp3) is 0.625. The van der Waals surface area contributed by atoms with Crippen molar-refractivity contribution in [2.24, 2.45) is 7.05 Å². The van der Waals surface area contributed by atoms with Gasteiger partial charge in [-0.05, 0) is 25.3 Å². The Kier molecular flexibility index (Phi) is 4.38. The van der Waals surface area contributed by atoms with Crippen molar-refractivity contribution in [2.75, 3.05) is 13.1 Å². The predicted molar refractivity (Wildman–Crippen MR) is 93.1 cm³/mol. The average Bonchev–Trinajstić information content (AvgIpc) is 3.20. The molecule has 0 spiro atoms. The summed E-state index contributed by atoms with van der Waals surface area (Å²) in [5.41, 5.74) is 2.36. The van der Waals surface area contributed by atoms with E-state index in [1.165, 1.54) is 11.3 Å². The molecule has 3 heterocycles. The molecule has 4 rings (SSSR count). The normalized spacial score (nSPS) is 21.4. The van der Waals surface area contributed by atoms with E-state index in [-0.39, 0.29) is 11.3 Å². The van der Waals surface area contributed by atoms with Gasteiger partial charge < -0.3 is 0 Å². The number of sulfonamides is 1. The molecule has 0 radical (unpaired) electrons. The van der Waals surface area contributed by atoms with E-state index in [1.807, 2.05) is 41.1 Å². The van der Waals surface area contributed by atoms with Crippen molar-refractivity contribution in [1.29, 1.82) is 0 Å². The van der Waals surface area contributed by atoms with Crippen LogP contribution in [0, 0.1) is 0 Å². The van der Waals surface area contributed by atoms with Gasteiger partial charge in [0.1, 0.15) is 0 Å². The molecule has 0 bridgehead atoms. The summed E-state index contributed by atoms with van der Waals surface area (Å²) in [6.45, 7) is 3.00. The van der Waals surface area contributed by atoms with Crippen molar-refractivity contribution in [3.63, 3.8) is 0 Å². The van der Waals surface area contributed by atoms with Crippen molar-refractivity contribution in [3.05, 3.63) is 35.9 Å². The van der Waals surface area contributed by atoms with Gasteiger partial charge in [-0.1, -0.05) is 0 Å². The molecule has 2 aromatic heterocycles. The van der Waals surface area contributed by atoms with Crippen molar-refractivity contribution in [3.8, 4) is 0 Å². The summed E-state index contributed by atoms with van der Waals surface area (Å²) >= 11 is 0. The first kappa shape index (κ1) is 16.7. The number of aromatic nitrogens is 4. The lowest BCUT2D eigenvalue weighted by Crippen LogP contribution is -2.39. The van der Waals surface area contributed by atoms with E-state index in [2.05, 4.69) is 19.8 Å². The Bertz CT molecular complexity index is 838. The molecule has 136 valence electrons. The fourth-order valence-corrected chi connectivity index (χ4v) is 4.87. The molecule has 0 amide bonds. The van der Waals surface area contributed by atoms with E-state index in [1.54, 1.807) is 0 Å². The summed E-state index contributed by atoms with van der Waals surface area (Å²) in [6, 6.07) is 2.22. The lowest BCUT2D eigenvalue weighted by atomic mass is 10.1. The maximum atomic E-state index is 12.0. The van der Waals surface area contributed by atoms with E-state index in [4.69, 9.17) is 0 Å². The van der Waals surface area contributed by atoms with E-state index in [0.717, 1.165) is 38.9 Å². The molecule has 1 unspecified atom stereocenters. The Morgan fingerprint density at radius 3 is 2.88 bits per heavy atom. The first-order valence-electron chi connectivity index (χ1n) is 8.72. The van der Waals surface area contributed by atoms with Crippen LogP contribution in [0.5, 0.6) is 0 Å². The van der Waals surface area contributed by atoms with Crippen molar-refractivity contribution in [2.45, 2.75) is 43.6 Å². The Morgan fingerprint density at radius 1 is 1.32 bits per heavy atom. The lowest BCUT2D eigenvalue weighted by molar-refractivity contribution is 0.162. The summed E-state index contributed by atoms with van der Waals surface area (Å²) in [4.78, 5) is 2.37. The van der Waals surface area contributed by atoms with Gasteiger partial charge in [0, 0.05) is 51.2 Å². The molecule has 2 aromatic rings. The maximum absolute atomic E-state index is 12.0. The molecule has 25 heavy (non-hydrogen) atoms. The minimum atomic E-state index is -3.12. The first-order valence-corrected chi connectivity index (χ1v) is 10.3. The molecule has 0 aromatic carbocycles. The lowest BCUT2D eigenvalue weighted by Gasteiger charge is -2.33. The van der Waals surface area contributed by atoms with Crippen LogP contribution in [0.2, 0.25) is 0 Å². The highest BCUT2D eigenvalue weighted by Crippen LogP contribution is 2.28. The van der Waals surface area contributed by atoms with Crippen LogP contribution in [0.25, 0.3) is 0 Å². The molecule has 1 aliphatic heterocycles. The molecule has 2 aliphatic rings. The zero-order chi connectivity index (χ0) is 17.4. The van der Waals surface area contributed by atoms with Crippen LogP contribution < -0.4 is 4.72 Å². The standard InChI is InChI=1S/C16H24N6O2S/c1-20-9-13(8-18-20)10-21-11-14-4-6-17-22(14)15(12-21)5-7-19-25(23,24)16-2-3-16/h4,6,8-9,15-16,19H,2-3,5,7,10-12H2,1H3. The number of hydrogen-bond acceptors (Lipinski definition) is 5. The Labute approximate surface area is 147 Å². The Balaban J connectivity index is 1.40. The quantitative estimate of drug-likeness (QED) is 0.780. The second kappa shape index (κ2) is 6.54. The zero-order valence-corrected chi connectivity index (χ0v) is 15.2. The molecule has 1 fully saturated rings. The van der Waals surface area contributed by atoms with Gasteiger partial charge in [0.05, 0.1) is 23.2 Å². The average molecular weight is 364 g/mol. The molecule has 1 saturated carbocycles. The molecule has 0 saturated heterocycles. The van der Waals surface area contributed by atoms with Gasteiger partial charge in [-0.3, -0.25) is 14.3 Å². The minimum Gasteiger partial charge on any atom is -0.291 e. The van der Waals surface area contributed by atoms with Crippen LogP contribution in [-0.2, 0) is 30.2 Å². The molecule has 1 N–H and O–H groups in total. The number of nitrogens with zero attached hydrogens (tertiary/aromatic N) is 5. The monoisotopic (exact) mass is 364 g/mol. The van der Waals surface area contributed by atoms with Gasteiger partial charge in [-0.15, -0.1) is 0 Å². The third kappa shape index (κ3) is 3.78. The van der Waals surface area contributed by atoms with Crippen LogP contribution in [0.15, 0.2) is 24.7 Å². The van der Waals surface area contributed by atoms with Gasteiger partial charge in [0.2, 0.25) is 10.0 Å². The summed E-state index contributed by atoms with van der Waals surface area (Å²) in [5, 5.41) is 8.51. The van der Waals surface area contributed by atoms with Crippen molar-refractivity contribution >= 4 is 10.0 Å². The van der Waals surface area contributed by atoms with E-state index >= 15 is 0 Å². The second-order valence-electron chi connectivity index (χ2n) is 7.04. The van der Waals surface area contributed by atoms with E-state index < -0.39 is 10.0 Å². The van der Waals surface area contributed by atoms with E-state index in [9.17, 15) is 8.42 Å². The fourth-order valence-electron chi connectivity index (χ4n) is 3.47. The smallest absolute Gasteiger partial charge is 0.214 e. The molecule has 8 nitrogen and oxygen atoms in total. The molecular weight excluding hydrogens is 340 g/mol. The first-order chi connectivity index (χ1) is 12.0. The zero-order valence-electron chi connectivity index (χ0n) is 14.4. The second-order valence-corrected chi connectivity index (χ2v) is 9.09. The number of rotatable bonds is 7. The van der Waals surface area contributed by atoms with Crippen molar-refractivity contribution < 1.29 is 8.42 Å². The highest BCUT2D eigenvalue weighted by atomic mass is 32.2. The van der Waals surface area contributed by atoms with E-state index in [0.29, 0.717) is 6.54 Å². The molecular formula is C16H24N6O2S. The van der Waals surface area contributed by atoms with Crippen LogP contribution in [0.4, 0.5) is 0 Å². The molecule has 1 atom stereocenters. The summed E-state index contributed by atoms with van der Waals surface area (Å²) in [7, 11) is -1.20. The van der Waals surface area contributed by atoms with Gasteiger partial charge in [0.15, 0.2) is 0 Å². The van der Waals surface area contributed by atoms with Crippen LogP contribution in [-0.4, -0.2) is 51.2 Å². The Morgan fingerprint density at radius 2 is 2.16 bits per heavy atom. The predicted octanol–water partition coefficient (Wildman–Crippen LogP) is 0.645. The third-order valence-corrected chi connectivity index (χ3v) is 6.82. The molecule has 1 aliphatic carbocycles. The maximum Gasteiger partial charge on any atom is 0.214 e. The van der Waals surface area contributed by atoms with Crippen LogP contribution in [0.3, 0.4) is 0 Å². The number of aryl methyl sites for hydroxylation is 1. The summed E-state index contributed by atoms with van der Waals surface area (Å²) < 4.78 is 30.6. The van der Waals surface area contributed by atoms with Crippen molar-refractivity contribution in [1.82, 2.24) is 29.2 Å². The van der Waals surface area contributed by atoms with Gasteiger partial charge in [-0.25, -0.2) is 13.1 Å². The topological polar surface area (TPSA) is 85.0 Å². The molecule has 9 heteroatoms. The van der Waals surface area contributed by atoms with Crippen LogP contribution >= 0.6 is 0 Å². The largest absolute Gasteiger partial charge is 0.291 e. The highest BCUT2D eigenvalue weighted by Gasteiger charge is 2.35. The van der Waals surface area contributed by atoms with Crippen LogP contribution in [0.1, 0.15) is 36.6 Å². The highest BCUT2D eigenvalue weighted by molar-refractivity contribution is 7.90.